The first-order chi connectivity index (χ1) is 23.4. The standard InChI is InChI=1S/C39H57N3O7/c1-6-47-36(44)18-12-8-11-17-35(43)41-34(22-20-30-14-9-7-10-15-30)37(45)40-27-32-26-33(21-19-29(32)2)48-25-23-31-16-13-24-42(28-31)38(46)49-39(3,4)5/h7,9-10,14-15,19,21,26,31,34H,6,8,11-13,16-18,20,22-25,27-28H2,1-5H3,(H,40,45)(H,41,43)/t31?,34-/m0/s1. The molecule has 1 aliphatic heterocycles. The molecule has 2 atom stereocenters. The Kier molecular flexibility index (Phi) is 16.4. The second kappa shape index (κ2) is 20.4. The number of piperidine rings is 1. The van der Waals surface area contributed by atoms with E-state index in [1.54, 1.807) is 11.8 Å². The fourth-order valence-corrected chi connectivity index (χ4v) is 5.83. The Bertz CT molecular complexity index is 1340. The van der Waals surface area contributed by atoms with Crippen LogP contribution in [0.2, 0.25) is 0 Å². The molecule has 10 heteroatoms. The molecule has 0 saturated carbocycles. The maximum absolute atomic E-state index is 13.4. The lowest BCUT2D eigenvalue weighted by Crippen LogP contribution is -2.46. The van der Waals surface area contributed by atoms with Crippen molar-refractivity contribution in [2.75, 3.05) is 26.3 Å². The van der Waals surface area contributed by atoms with Crippen LogP contribution in [0.25, 0.3) is 0 Å². The third-order valence-electron chi connectivity index (χ3n) is 8.55. The number of likely N-dealkylation sites (tertiary alicyclic amines) is 1. The number of rotatable bonds is 18. The lowest BCUT2D eigenvalue weighted by Gasteiger charge is -2.34. The van der Waals surface area contributed by atoms with Crippen LogP contribution in [0.1, 0.15) is 102 Å². The van der Waals surface area contributed by atoms with Crippen molar-refractivity contribution in [1.82, 2.24) is 15.5 Å². The van der Waals surface area contributed by atoms with Crippen molar-refractivity contribution in [3.05, 3.63) is 65.2 Å². The van der Waals surface area contributed by atoms with Crippen molar-refractivity contribution < 1.29 is 33.4 Å². The summed E-state index contributed by atoms with van der Waals surface area (Å²) in [7, 11) is 0. The topological polar surface area (TPSA) is 123 Å². The monoisotopic (exact) mass is 679 g/mol. The highest BCUT2D eigenvalue weighted by Crippen LogP contribution is 2.23. The molecule has 2 aromatic carbocycles. The number of ether oxygens (including phenoxy) is 3. The number of carbonyl (C=O) groups is 4. The Morgan fingerprint density at radius 1 is 1.00 bits per heavy atom. The van der Waals surface area contributed by atoms with E-state index in [1.165, 1.54) is 0 Å². The minimum Gasteiger partial charge on any atom is -0.494 e. The quantitative estimate of drug-likeness (QED) is 0.133. The van der Waals surface area contributed by atoms with Crippen molar-refractivity contribution in [3.63, 3.8) is 0 Å². The van der Waals surface area contributed by atoms with Gasteiger partial charge in [-0.1, -0.05) is 42.8 Å². The molecule has 10 nitrogen and oxygen atoms in total. The number of benzene rings is 2. The van der Waals surface area contributed by atoms with Gasteiger partial charge in [-0.15, -0.1) is 0 Å². The molecule has 1 fully saturated rings. The normalized spacial score (nSPS) is 15.2. The fourth-order valence-electron chi connectivity index (χ4n) is 5.83. The van der Waals surface area contributed by atoms with E-state index in [1.807, 2.05) is 76.2 Å². The first-order valence-corrected chi connectivity index (χ1v) is 17.9. The molecule has 0 bridgehead atoms. The van der Waals surface area contributed by atoms with E-state index in [4.69, 9.17) is 14.2 Å². The smallest absolute Gasteiger partial charge is 0.410 e. The summed E-state index contributed by atoms with van der Waals surface area (Å²) in [6.07, 6.45) is 6.35. The molecule has 0 aliphatic carbocycles. The highest BCUT2D eigenvalue weighted by atomic mass is 16.6. The molecule has 0 radical (unpaired) electrons. The summed E-state index contributed by atoms with van der Waals surface area (Å²) in [6.45, 7) is 12.0. The highest BCUT2D eigenvalue weighted by molar-refractivity contribution is 5.87. The fraction of sp³-hybridized carbons (Fsp3) is 0.590. The molecule has 0 aromatic heterocycles. The molecule has 3 rings (SSSR count). The van der Waals surface area contributed by atoms with Gasteiger partial charge in [0.2, 0.25) is 11.8 Å². The van der Waals surface area contributed by atoms with E-state index in [-0.39, 0.29) is 30.3 Å². The Balaban J connectivity index is 1.50. The molecule has 1 saturated heterocycles. The zero-order chi connectivity index (χ0) is 35.6. The predicted octanol–water partition coefficient (Wildman–Crippen LogP) is 6.66. The van der Waals surface area contributed by atoms with Gasteiger partial charge in [0.05, 0.1) is 13.2 Å². The van der Waals surface area contributed by atoms with E-state index in [0.29, 0.717) is 70.9 Å². The lowest BCUT2D eigenvalue weighted by molar-refractivity contribution is -0.143. The zero-order valence-electron chi connectivity index (χ0n) is 30.2. The summed E-state index contributed by atoms with van der Waals surface area (Å²) in [5.41, 5.74) is 2.55. The second-order valence-electron chi connectivity index (χ2n) is 13.9. The van der Waals surface area contributed by atoms with Crippen molar-refractivity contribution in [2.24, 2.45) is 5.92 Å². The lowest BCUT2D eigenvalue weighted by atomic mass is 9.95. The average Bonchev–Trinajstić information content (AvgIpc) is 3.06. The third kappa shape index (κ3) is 15.3. The number of nitrogens with one attached hydrogen (secondary N) is 2. The predicted molar refractivity (Wildman–Crippen MR) is 190 cm³/mol. The van der Waals surface area contributed by atoms with Crippen LogP contribution in [-0.2, 0) is 36.8 Å². The number of carbonyl (C=O) groups excluding carboxylic acids is 4. The summed E-state index contributed by atoms with van der Waals surface area (Å²) < 4.78 is 16.6. The molecular formula is C39H57N3O7. The van der Waals surface area contributed by atoms with Crippen LogP contribution >= 0.6 is 0 Å². The Hall–Kier alpha value is -4.08. The largest absolute Gasteiger partial charge is 0.494 e. The van der Waals surface area contributed by atoms with E-state index in [0.717, 1.165) is 48.1 Å². The van der Waals surface area contributed by atoms with Crippen LogP contribution in [0.4, 0.5) is 4.79 Å². The summed E-state index contributed by atoms with van der Waals surface area (Å²) in [5.74, 6) is 0.446. The van der Waals surface area contributed by atoms with Crippen LogP contribution in [0, 0.1) is 12.8 Å². The number of unbranched alkanes of at least 4 members (excludes halogenated alkanes) is 2. The second-order valence-corrected chi connectivity index (χ2v) is 13.9. The van der Waals surface area contributed by atoms with E-state index in [9.17, 15) is 19.2 Å². The van der Waals surface area contributed by atoms with Gasteiger partial charge in [0.25, 0.3) is 0 Å². The Labute approximate surface area is 292 Å². The van der Waals surface area contributed by atoms with Crippen LogP contribution in [-0.4, -0.2) is 66.7 Å². The van der Waals surface area contributed by atoms with Crippen LogP contribution < -0.4 is 15.4 Å². The van der Waals surface area contributed by atoms with Crippen molar-refractivity contribution >= 4 is 23.9 Å². The Morgan fingerprint density at radius 3 is 2.49 bits per heavy atom. The van der Waals surface area contributed by atoms with E-state index < -0.39 is 11.6 Å². The molecule has 1 aliphatic rings. The Morgan fingerprint density at radius 2 is 1.76 bits per heavy atom. The molecule has 1 heterocycles. The summed E-state index contributed by atoms with van der Waals surface area (Å²) in [5, 5.41) is 5.99. The van der Waals surface area contributed by atoms with Gasteiger partial charge in [0.15, 0.2) is 0 Å². The summed E-state index contributed by atoms with van der Waals surface area (Å²) >= 11 is 0. The first kappa shape index (κ1) is 39.4. The van der Waals surface area contributed by atoms with E-state index >= 15 is 0 Å². The molecular weight excluding hydrogens is 622 g/mol. The van der Waals surface area contributed by atoms with Crippen molar-refractivity contribution in [3.8, 4) is 5.75 Å². The van der Waals surface area contributed by atoms with Gasteiger partial charge < -0.3 is 29.7 Å². The molecule has 270 valence electrons. The molecule has 0 spiro atoms. The van der Waals surface area contributed by atoms with Gasteiger partial charge in [0, 0.05) is 32.5 Å². The number of amides is 3. The number of hydrogen-bond donors (Lipinski definition) is 2. The number of esters is 1. The van der Waals surface area contributed by atoms with Crippen LogP contribution in [0.15, 0.2) is 48.5 Å². The maximum Gasteiger partial charge on any atom is 0.410 e. The van der Waals surface area contributed by atoms with Crippen molar-refractivity contribution in [1.29, 1.82) is 0 Å². The van der Waals surface area contributed by atoms with Gasteiger partial charge in [0.1, 0.15) is 17.4 Å². The first-order valence-electron chi connectivity index (χ1n) is 17.9. The third-order valence-corrected chi connectivity index (χ3v) is 8.55. The van der Waals surface area contributed by atoms with Gasteiger partial charge in [-0.2, -0.15) is 0 Å². The summed E-state index contributed by atoms with van der Waals surface area (Å²) in [6, 6.07) is 15.1. The molecule has 2 aromatic rings. The molecule has 49 heavy (non-hydrogen) atoms. The highest BCUT2D eigenvalue weighted by Gasteiger charge is 2.27. The van der Waals surface area contributed by atoms with Gasteiger partial charge in [-0.05, 0) is 114 Å². The maximum atomic E-state index is 13.4. The minimum absolute atomic E-state index is 0.178. The molecule has 2 N–H and O–H groups in total. The van der Waals surface area contributed by atoms with E-state index in [2.05, 4.69) is 10.6 Å². The van der Waals surface area contributed by atoms with Crippen LogP contribution in [0.5, 0.6) is 5.75 Å². The van der Waals surface area contributed by atoms with Gasteiger partial charge >= 0.3 is 12.1 Å². The number of aryl methyl sites for hydroxylation is 2. The van der Waals surface area contributed by atoms with Gasteiger partial charge in [-0.3, -0.25) is 14.4 Å². The minimum atomic E-state index is -0.678. The number of nitrogens with zero attached hydrogens (tertiary/aromatic N) is 1. The molecule has 3 amide bonds. The average molecular weight is 680 g/mol. The zero-order valence-corrected chi connectivity index (χ0v) is 30.2. The van der Waals surface area contributed by atoms with Gasteiger partial charge in [-0.25, -0.2) is 4.79 Å². The summed E-state index contributed by atoms with van der Waals surface area (Å²) in [4.78, 5) is 52.2. The SMILES string of the molecule is CCOC(=O)CCCCCC(=O)N[C@@H](CCc1ccccc1)C(=O)NCc1cc(OCCC2CCCN(C(=O)OC(C)(C)C)C2)ccc1C. The molecule has 1 unspecified atom stereocenters. The number of hydrogen-bond acceptors (Lipinski definition) is 7. The van der Waals surface area contributed by atoms with Crippen LogP contribution in [0.3, 0.4) is 0 Å². The van der Waals surface area contributed by atoms with Crippen molar-refractivity contribution in [2.45, 2.75) is 117 Å².